The molecular formula is C16H19NO. The van der Waals surface area contributed by atoms with Crippen molar-refractivity contribution in [2.45, 2.75) is 26.2 Å². The van der Waals surface area contributed by atoms with E-state index in [1.807, 2.05) is 30.5 Å². The van der Waals surface area contributed by atoms with Crippen molar-refractivity contribution in [2.24, 2.45) is 0 Å². The summed E-state index contributed by atoms with van der Waals surface area (Å²) in [5.74, 6) is 0.714. The summed E-state index contributed by atoms with van der Waals surface area (Å²) in [5.41, 5.74) is 2.30. The second-order valence-electron chi connectivity index (χ2n) is 4.31. The summed E-state index contributed by atoms with van der Waals surface area (Å²) in [6.45, 7) is 2.94. The van der Waals surface area contributed by atoms with Crippen molar-refractivity contribution in [1.29, 1.82) is 0 Å². The molecule has 0 saturated carbocycles. The first-order chi connectivity index (χ1) is 8.90. The summed E-state index contributed by atoms with van der Waals surface area (Å²) in [6, 6.07) is 14.2. The molecule has 0 atom stereocenters. The van der Waals surface area contributed by atoms with Gasteiger partial charge in [-0.2, -0.15) is 0 Å². The van der Waals surface area contributed by atoms with Gasteiger partial charge in [0.05, 0.1) is 6.61 Å². The summed E-state index contributed by atoms with van der Waals surface area (Å²) in [4.78, 5) is 4.33. The number of benzene rings is 1. The molecule has 0 N–H and O–H groups in total. The van der Waals surface area contributed by atoms with Crippen LogP contribution in [0.5, 0.6) is 5.88 Å². The number of pyridine rings is 1. The summed E-state index contributed by atoms with van der Waals surface area (Å²) in [5, 5.41) is 0. The fourth-order valence-electron chi connectivity index (χ4n) is 1.80. The lowest BCUT2D eigenvalue weighted by atomic mass is 10.1. The molecule has 0 spiro atoms. The van der Waals surface area contributed by atoms with Crippen molar-refractivity contribution in [3.8, 4) is 17.0 Å². The monoisotopic (exact) mass is 241 g/mol. The lowest BCUT2D eigenvalue weighted by molar-refractivity contribution is 0.295. The molecule has 2 rings (SSSR count). The first-order valence-corrected chi connectivity index (χ1v) is 6.54. The molecule has 0 unspecified atom stereocenters. The first kappa shape index (κ1) is 12.6. The Morgan fingerprint density at radius 1 is 0.944 bits per heavy atom. The van der Waals surface area contributed by atoms with Crippen LogP contribution in [-0.2, 0) is 0 Å². The predicted octanol–water partition coefficient (Wildman–Crippen LogP) is 4.32. The standard InChI is InChI=1S/C16H19NO/c1-2-3-7-12-18-16-11-10-15(13-17-16)14-8-5-4-6-9-14/h4-6,8-11,13H,2-3,7,12H2,1H3. The van der Waals surface area contributed by atoms with E-state index in [-0.39, 0.29) is 0 Å². The van der Waals surface area contributed by atoms with Gasteiger partial charge < -0.3 is 4.74 Å². The Labute approximate surface area is 109 Å². The van der Waals surface area contributed by atoms with Crippen molar-refractivity contribution in [2.75, 3.05) is 6.61 Å². The third kappa shape index (κ3) is 3.59. The van der Waals surface area contributed by atoms with E-state index in [0.29, 0.717) is 5.88 Å². The number of unbranched alkanes of at least 4 members (excludes halogenated alkanes) is 2. The van der Waals surface area contributed by atoms with Gasteiger partial charge in [-0.25, -0.2) is 4.98 Å². The number of nitrogens with zero attached hydrogens (tertiary/aromatic N) is 1. The van der Waals surface area contributed by atoms with Crippen LogP contribution in [0.1, 0.15) is 26.2 Å². The van der Waals surface area contributed by atoms with Crippen LogP contribution >= 0.6 is 0 Å². The molecule has 0 aliphatic heterocycles. The van der Waals surface area contributed by atoms with E-state index in [1.165, 1.54) is 18.4 Å². The summed E-state index contributed by atoms with van der Waals surface area (Å²) >= 11 is 0. The molecule has 1 heterocycles. The maximum Gasteiger partial charge on any atom is 0.213 e. The van der Waals surface area contributed by atoms with E-state index < -0.39 is 0 Å². The fourth-order valence-corrected chi connectivity index (χ4v) is 1.80. The molecule has 18 heavy (non-hydrogen) atoms. The molecule has 0 amide bonds. The van der Waals surface area contributed by atoms with Crippen molar-refractivity contribution in [3.05, 3.63) is 48.7 Å². The van der Waals surface area contributed by atoms with Crippen molar-refractivity contribution in [1.82, 2.24) is 4.98 Å². The van der Waals surface area contributed by atoms with Crippen molar-refractivity contribution < 1.29 is 4.74 Å². The highest BCUT2D eigenvalue weighted by molar-refractivity contribution is 5.62. The third-order valence-corrected chi connectivity index (χ3v) is 2.84. The highest BCUT2D eigenvalue weighted by Gasteiger charge is 1.99. The molecule has 0 radical (unpaired) electrons. The minimum Gasteiger partial charge on any atom is -0.478 e. The van der Waals surface area contributed by atoms with Crippen LogP contribution in [0.4, 0.5) is 0 Å². The predicted molar refractivity (Wildman–Crippen MR) is 74.7 cm³/mol. The van der Waals surface area contributed by atoms with Crippen molar-refractivity contribution in [3.63, 3.8) is 0 Å². The zero-order valence-corrected chi connectivity index (χ0v) is 10.8. The smallest absolute Gasteiger partial charge is 0.213 e. The molecule has 2 nitrogen and oxygen atoms in total. The topological polar surface area (TPSA) is 22.1 Å². The second kappa shape index (κ2) is 6.80. The normalized spacial score (nSPS) is 10.3. The maximum absolute atomic E-state index is 5.59. The van der Waals surface area contributed by atoms with Gasteiger partial charge in [0.15, 0.2) is 0 Å². The van der Waals surface area contributed by atoms with Crippen LogP contribution in [0.3, 0.4) is 0 Å². The van der Waals surface area contributed by atoms with Gasteiger partial charge >= 0.3 is 0 Å². The Morgan fingerprint density at radius 3 is 2.44 bits per heavy atom. The lowest BCUT2D eigenvalue weighted by Crippen LogP contribution is -1.98. The quantitative estimate of drug-likeness (QED) is 0.703. The van der Waals surface area contributed by atoms with E-state index in [0.717, 1.165) is 18.6 Å². The number of hydrogen-bond acceptors (Lipinski definition) is 2. The Hall–Kier alpha value is -1.83. The molecule has 2 heteroatoms. The van der Waals surface area contributed by atoms with Crippen LogP contribution in [0.25, 0.3) is 11.1 Å². The highest BCUT2D eigenvalue weighted by Crippen LogP contribution is 2.19. The van der Waals surface area contributed by atoms with Gasteiger partial charge in [-0.15, -0.1) is 0 Å². The van der Waals surface area contributed by atoms with Crippen LogP contribution in [0, 0.1) is 0 Å². The van der Waals surface area contributed by atoms with Gasteiger partial charge in [0.2, 0.25) is 5.88 Å². The number of rotatable bonds is 6. The highest BCUT2D eigenvalue weighted by atomic mass is 16.5. The second-order valence-corrected chi connectivity index (χ2v) is 4.31. The summed E-state index contributed by atoms with van der Waals surface area (Å²) in [6.07, 6.45) is 5.38. The Bertz CT molecular complexity index is 450. The van der Waals surface area contributed by atoms with Crippen LogP contribution < -0.4 is 4.74 Å². The number of aromatic nitrogens is 1. The molecule has 0 bridgehead atoms. The molecule has 2 aromatic rings. The van der Waals surface area contributed by atoms with Gasteiger partial charge in [0, 0.05) is 17.8 Å². The lowest BCUT2D eigenvalue weighted by Gasteiger charge is -2.06. The zero-order valence-electron chi connectivity index (χ0n) is 10.8. The molecule has 0 saturated heterocycles. The molecule has 0 aliphatic carbocycles. The Kier molecular flexibility index (Phi) is 4.77. The molecule has 0 aliphatic rings. The average molecular weight is 241 g/mol. The van der Waals surface area contributed by atoms with Crippen LogP contribution in [0.2, 0.25) is 0 Å². The summed E-state index contributed by atoms with van der Waals surface area (Å²) < 4.78 is 5.59. The Morgan fingerprint density at radius 2 is 1.78 bits per heavy atom. The van der Waals surface area contributed by atoms with E-state index >= 15 is 0 Å². The SMILES string of the molecule is CCCCCOc1ccc(-c2ccccc2)cn1. The zero-order chi connectivity index (χ0) is 12.6. The van der Waals surface area contributed by atoms with Crippen molar-refractivity contribution >= 4 is 0 Å². The minimum absolute atomic E-state index is 0.714. The van der Waals surface area contributed by atoms with Crippen LogP contribution in [-0.4, -0.2) is 11.6 Å². The van der Waals surface area contributed by atoms with E-state index in [2.05, 4.69) is 30.1 Å². The molecule has 94 valence electrons. The van der Waals surface area contributed by atoms with Gasteiger partial charge in [0.25, 0.3) is 0 Å². The van der Waals surface area contributed by atoms with Gasteiger partial charge in [-0.3, -0.25) is 0 Å². The minimum atomic E-state index is 0.714. The first-order valence-electron chi connectivity index (χ1n) is 6.54. The van der Waals surface area contributed by atoms with Crippen LogP contribution in [0.15, 0.2) is 48.7 Å². The molecule has 1 aromatic carbocycles. The average Bonchev–Trinajstić information content (AvgIpc) is 2.45. The van der Waals surface area contributed by atoms with E-state index in [4.69, 9.17) is 4.74 Å². The van der Waals surface area contributed by atoms with Gasteiger partial charge in [-0.05, 0) is 18.1 Å². The largest absolute Gasteiger partial charge is 0.478 e. The van der Waals surface area contributed by atoms with E-state index in [9.17, 15) is 0 Å². The molecular weight excluding hydrogens is 222 g/mol. The van der Waals surface area contributed by atoms with E-state index in [1.54, 1.807) is 0 Å². The summed E-state index contributed by atoms with van der Waals surface area (Å²) in [7, 11) is 0. The van der Waals surface area contributed by atoms with Gasteiger partial charge in [-0.1, -0.05) is 50.1 Å². The van der Waals surface area contributed by atoms with Gasteiger partial charge in [0.1, 0.15) is 0 Å². The Balaban J connectivity index is 1.94. The number of hydrogen-bond donors (Lipinski definition) is 0. The molecule has 1 aromatic heterocycles. The molecule has 0 fully saturated rings. The maximum atomic E-state index is 5.59. The fraction of sp³-hybridized carbons (Fsp3) is 0.312. The number of ether oxygens (including phenoxy) is 1. The third-order valence-electron chi connectivity index (χ3n) is 2.84.